The number of para-hydroxylation sites is 1. The highest BCUT2D eigenvalue weighted by Gasteiger charge is 2.19. The van der Waals surface area contributed by atoms with E-state index in [4.69, 9.17) is 9.47 Å². The Labute approximate surface area is 142 Å². The van der Waals surface area contributed by atoms with Crippen LogP contribution in [0, 0.1) is 6.92 Å². The number of nitrogens with one attached hydrogen (secondary N) is 2. The lowest BCUT2D eigenvalue weighted by molar-refractivity contribution is 0.0947. The number of fused-ring (bicyclic) bond motifs is 1. The van der Waals surface area contributed by atoms with Crippen molar-refractivity contribution in [3.63, 3.8) is 0 Å². The Morgan fingerprint density at radius 2 is 2.12 bits per heavy atom. The molecular weight excluding hydrogens is 326 g/mol. The van der Waals surface area contributed by atoms with Crippen molar-refractivity contribution < 1.29 is 14.3 Å². The van der Waals surface area contributed by atoms with E-state index in [2.05, 4.69) is 20.6 Å². The number of ether oxygens (including phenoxy) is 2. The summed E-state index contributed by atoms with van der Waals surface area (Å²) in [7, 11) is 3.06. The van der Waals surface area contributed by atoms with Gasteiger partial charge >= 0.3 is 0 Å². The van der Waals surface area contributed by atoms with Gasteiger partial charge in [0.05, 0.1) is 20.4 Å². The molecule has 0 aliphatic rings. The molecule has 9 heteroatoms. The minimum absolute atomic E-state index is 0.0388. The third-order valence-electron chi connectivity index (χ3n) is 3.68. The zero-order valence-corrected chi connectivity index (χ0v) is 14.0. The van der Waals surface area contributed by atoms with Crippen molar-refractivity contribution in [1.29, 1.82) is 0 Å². The van der Waals surface area contributed by atoms with E-state index in [0.29, 0.717) is 17.2 Å². The summed E-state index contributed by atoms with van der Waals surface area (Å²) in [5.74, 6) is 0.594. The number of aromatic amines is 1. The van der Waals surface area contributed by atoms with Gasteiger partial charge in [-0.3, -0.25) is 9.59 Å². The fourth-order valence-corrected chi connectivity index (χ4v) is 2.55. The van der Waals surface area contributed by atoms with Crippen LogP contribution in [0.1, 0.15) is 21.7 Å². The number of H-pyrrole nitrogens is 1. The molecule has 0 spiro atoms. The molecule has 130 valence electrons. The molecule has 25 heavy (non-hydrogen) atoms. The third kappa shape index (κ3) is 3.03. The largest absolute Gasteiger partial charge is 0.493 e. The molecule has 0 atom stereocenters. The monoisotopic (exact) mass is 343 g/mol. The van der Waals surface area contributed by atoms with Gasteiger partial charge < -0.3 is 19.8 Å². The Morgan fingerprint density at radius 3 is 2.84 bits per heavy atom. The van der Waals surface area contributed by atoms with Gasteiger partial charge in [0.25, 0.3) is 11.5 Å². The average Bonchev–Trinajstić information content (AvgIpc) is 3.03. The van der Waals surface area contributed by atoms with Crippen LogP contribution in [0.15, 0.2) is 29.2 Å². The molecule has 0 saturated heterocycles. The first-order valence-electron chi connectivity index (χ1n) is 7.48. The Morgan fingerprint density at radius 1 is 1.32 bits per heavy atom. The van der Waals surface area contributed by atoms with Crippen LogP contribution in [0.2, 0.25) is 0 Å². The van der Waals surface area contributed by atoms with E-state index in [1.165, 1.54) is 18.7 Å². The second-order valence-electron chi connectivity index (χ2n) is 5.33. The fourth-order valence-electron chi connectivity index (χ4n) is 2.55. The molecule has 0 aliphatic heterocycles. The zero-order valence-electron chi connectivity index (χ0n) is 14.0. The SMILES string of the molecule is COc1cccc(CNC(=O)c2nnn3cc(C)[nH]c(=O)c23)c1OC. The maximum Gasteiger partial charge on any atom is 0.276 e. The van der Waals surface area contributed by atoms with Crippen LogP contribution >= 0.6 is 0 Å². The van der Waals surface area contributed by atoms with Crippen LogP contribution < -0.4 is 20.3 Å². The van der Waals surface area contributed by atoms with Crippen LogP contribution in [0.3, 0.4) is 0 Å². The number of amides is 1. The first-order chi connectivity index (χ1) is 12.0. The van der Waals surface area contributed by atoms with Gasteiger partial charge in [-0.05, 0) is 13.0 Å². The molecule has 0 bridgehead atoms. The normalized spacial score (nSPS) is 10.7. The molecule has 3 aromatic rings. The lowest BCUT2D eigenvalue weighted by Crippen LogP contribution is -2.25. The number of benzene rings is 1. The van der Waals surface area contributed by atoms with E-state index >= 15 is 0 Å². The van der Waals surface area contributed by atoms with E-state index in [1.807, 2.05) is 0 Å². The maximum absolute atomic E-state index is 12.4. The van der Waals surface area contributed by atoms with Gasteiger partial charge in [0.1, 0.15) is 0 Å². The first-order valence-corrected chi connectivity index (χ1v) is 7.48. The molecule has 0 saturated carbocycles. The number of carbonyl (C=O) groups is 1. The zero-order chi connectivity index (χ0) is 18.0. The van der Waals surface area contributed by atoms with Crippen molar-refractivity contribution in [2.45, 2.75) is 13.5 Å². The number of carbonyl (C=O) groups excluding carboxylic acids is 1. The summed E-state index contributed by atoms with van der Waals surface area (Å²) in [6, 6.07) is 5.37. The second-order valence-corrected chi connectivity index (χ2v) is 5.33. The minimum Gasteiger partial charge on any atom is -0.493 e. The van der Waals surface area contributed by atoms with Crippen molar-refractivity contribution >= 4 is 11.4 Å². The Balaban J connectivity index is 1.86. The standard InChI is InChI=1S/C16H17N5O4/c1-9-8-21-13(16(23)18-9)12(19-20-21)15(22)17-7-10-5-4-6-11(24-2)14(10)25-3/h4-6,8H,7H2,1-3H3,(H,17,22)(H,18,23). The van der Waals surface area contributed by atoms with E-state index < -0.39 is 11.5 Å². The summed E-state index contributed by atoms with van der Waals surface area (Å²) in [4.78, 5) is 27.1. The predicted molar refractivity (Wildman–Crippen MR) is 89.1 cm³/mol. The summed E-state index contributed by atoms with van der Waals surface area (Å²) >= 11 is 0. The Bertz CT molecular complexity index is 992. The number of methoxy groups -OCH3 is 2. The molecule has 3 rings (SSSR count). The highest BCUT2D eigenvalue weighted by Crippen LogP contribution is 2.30. The number of aromatic nitrogens is 4. The number of nitrogens with zero attached hydrogens (tertiary/aromatic N) is 3. The van der Waals surface area contributed by atoms with Gasteiger partial charge in [0.15, 0.2) is 22.7 Å². The summed E-state index contributed by atoms with van der Waals surface area (Å²) < 4.78 is 11.8. The lowest BCUT2D eigenvalue weighted by atomic mass is 10.2. The fraction of sp³-hybridized carbons (Fsp3) is 0.250. The lowest BCUT2D eigenvalue weighted by Gasteiger charge is -2.12. The van der Waals surface area contributed by atoms with Crippen molar-refractivity contribution in [2.75, 3.05) is 14.2 Å². The van der Waals surface area contributed by atoms with Gasteiger partial charge in [0, 0.05) is 17.8 Å². The molecule has 0 radical (unpaired) electrons. The summed E-state index contributed by atoms with van der Waals surface area (Å²) in [5.41, 5.74) is 0.991. The number of rotatable bonds is 5. The van der Waals surface area contributed by atoms with Gasteiger partial charge in [-0.2, -0.15) is 0 Å². The van der Waals surface area contributed by atoms with Gasteiger partial charge in [0.2, 0.25) is 0 Å². The third-order valence-corrected chi connectivity index (χ3v) is 3.68. The average molecular weight is 343 g/mol. The van der Waals surface area contributed by atoms with Crippen molar-refractivity contribution in [3.05, 3.63) is 51.7 Å². The molecular formula is C16H17N5O4. The van der Waals surface area contributed by atoms with Crippen LogP contribution in [-0.2, 0) is 6.54 Å². The first kappa shape index (κ1) is 16.5. The Hall–Kier alpha value is -3.36. The second kappa shape index (κ2) is 6.63. The smallest absolute Gasteiger partial charge is 0.276 e. The van der Waals surface area contributed by atoms with Crippen molar-refractivity contribution in [1.82, 2.24) is 25.1 Å². The van der Waals surface area contributed by atoms with Crippen LogP contribution in [-0.4, -0.2) is 39.9 Å². The predicted octanol–water partition coefficient (Wildman–Crippen LogP) is 0.673. The number of aryl methyl sites for hydroxylation is 1. The molecule has 0 aliphatic carbocycles. The van der Waals surface area contributed by atoms with E-state index in [-0.39, 0.29) is 17.8 Å². The molecule has 2 heterocycles. The van der Waals surface area contributed by atoms with E-state index in [0.717, 1.165) is 5.56 Å². The van der Waals surface area contributed by atoms with Crippen molar-refractivity contribution in [3.8, 4) is 11.5 Å². The van der Waals surface area contributed by atoms with E-state index in [1.54, 1.807) is 31.3 Å². The van der Waals surface area contributed by atoms with E-state index in [9.17, 15) is 9.59 Å². The van der Waals surface area contributed by atoms with Crippen molar-refractivity contribution in [2.24, 2.45) is 0 Å². The topological polar surface area (TPSA) is 111 Å². The quantitative estimate of drug-likeness (QED) is 0.704. The molecule has 9 nitrogen and oxygen atoms in total. The number of hydrogen-bond acceptors (Lipinski definition) is 6. The summed E-state index contributed by atoms with van der Waals surface area (Å²) in [6.45, 7) is 1.90. The van der Waals surface area contributed by atoms with Gasteiger partial charge in [-0.15, -0.1) is 5.10 Å². The number of hydrogen-bond donors (Lipinski definition) is 2. The molecule has 1 amide bonds. The highest BCUT2D eigenvalue weighted by atomic mass is 16.5. The molecule has 2 aromatic heterocycles. The molecule has 0 unspecified atom stereocenters. The molecule has 1 aromatic carbocycles. The van der Waals surface area contributed by atoms with Crippen LogP contribution in [0.4, 0.5) is 0 Å². The summed E-state index contributed by atoms with van der Waals surface area (Å²) in [6.07, 6.45) is 1.59. The van der Waals surface area contributed by atoms with Crippen LogP contribution in [0.25, 0.3) is 5.52 Å². The summed E-state index contributed by atoms with van der Waals surface area (Å²) in [5, 5.41) is 10.3. The molecule has 0 fully saturated rings. The maximum atomic E-state index is 12.4. The van der Waals surface area contributed by atoms with Crippen LogP contribution in [0.5, 0.6) is 11.5 Å². The highest BCUT2D eigenvalue weighted by molar-refractivity contribution is 5.98. The minimum atomic E-state index is -0.505. The molecule has 2 N–H and O–H groups in total. The van der Waals surface area contributed by atoms with Gasteiger partial charge in [-0.1, -0.05) is 17.3 Å². The van der Waals surface area contributed by atoms with Gasteiger partial charge in [-0.25, -0.2) is 4.52 Å². The Kier molecular flexibility index (Phi) is 4.38.